The van der Waals surface area contributed by atoms with Crippen molar-refractivity contribution in [3.63, 3.8) is 0 Å². The number of nitrogens with one attached hydrogen (secondary N) is 1. The summed E-state index contributed by atoms with van der Waals surface area (Å²) in [5.74, 6) is -0.368. The van der Waals surface area contributed by atoms with Crippen LogP contribution in [0.25, 0.3) is 0 Å². The molecule has 1 saturated heterocycles. The lowest BCUT2D eigenvalue weighted by atomic mass is 9.83. The minimum absolute atomic E-state index is 0.00281. The third-order valence-corrected chi connectivity index (χ3v) is 6.61. The molecular weight excluding hydrogens is 322 g/mol. The molecule has 1 amide bonds. The third kappa shape index (κ3) is 4.59. The number of carbonyl (C=O) groups excluding carboxylic acids is 1. The quantitative estimate of drug-likeness (QED) is 0.907. The summed E-state index contributed by atoms with van der Waals surface area (Å²) in [6.45, 7) is 11.4. The Morgan fingerprint density at radius 3 is 2.25 bits per heavy atom. The van der Waals surface area contributed by atoms with Gasteiger partial charge in [-0.2, -0.15) is 0 Å². The van der Waals surface area contributed by atoms with Crippen LogP contribution in [0.2, 0.25) is 0 Å². The molecule has 4 nitrogen and oxygen atoms in total. The molecule has 1 atom stereocenters. The highest BCUT2D eigenvalue weighted by Gasteiger charge is 2.32. The Labute approximate surface area is 146 Å². The van der Waals surface area contributed by atoms with Gasteiger partial charge in [-0.15, -0.1) is 0 Å². The number of hydrogen-bond donors (Lipinski definition) is 1. The molecule has 1 aromatic carbocycles. The number of hydrogen-bond acceptors (Lipinski definition) is 3. The lowest BCUT2D eigenvalue weighted by Crippen LogP contribution is -2.33. The van der Waals surface area contributed by atoms with E-state index in [-0.39, 0.29) is 28.7 Å². The van der Waals surface area contributed by atoms with E-state index in [1.165, 1.54) is 22.3 Å². The Kier molecular flexibility index (Phi) is 5.43. The van der Waals surface area contributed by atoms with Crippen LogP contribution < -0.4 is 5.32 Å². The molecule has 1 aromatic rings. The minimum atomic E-state index is -3.01. The fraction of sp³-hybridized carbons (Fsp3) is 0.632. The van der Waals surface area contributed by atoms with Crippen molar-refractivity contribution in [3.05, 3.63) is 34.4 Å². The van der Waals surface area contributed by atoms with Gasteiger partial charge in [-0.1, -0.05) is 32.9 Å². The van der Waals surface area contributed by atoms with Crippen LogP contribution in [0, 0.1) is 19.8 Å². The fourth-order valence-corrected chi connectivity index (χ4v) is 5.02. The van der Waals surface area contributed by atoms with Gasteiger partial charge in [0.1, 0.15) is 0 Å². The number of amides is 1. The summed E-state index contributed by atoms with van der Waals surface area (Å²) in [7, 11) is -3.01. The lowest BCUT2D eigenvalue weighted by molar-refractivity contribution is -0.124. The predicted octanol–water partition coefficient (Wildman–Crippen LogP) is 2.69. The van der Waals surface area contributed by atoms with Crippen LogP contribution >= 0.6 is 0 Å². The van der Waals surface area contributed by atoms with Crippen LogP contribution in [0.4, 0.5) is 0 Å². The molecule has 134 valence electrons. The zero-order chi connectivity index (χ0) is 18.1. The molecule has 2 rings (SSSR count). The van der Waals surface area contributed by atoms with Crippen molar-refractivity contribution in [1.29, 1.82) is 0 Å². The second-order valence-electron chi connectivity index (χ2n) is 7.98. The van der Waals surface area contributed by atoms with Crippen molar-refractivity contribution >= 4 is 15.7 Å². The van der Waals surface area contributed by atoms with Crippen LogP contribution in [0.15, 0.2) is 12.1 Å². The number of sulfone groups is 1. The fourth-order valence-electron chi connectivity index (χ4n) is 3.28. The molecule has 0 saturated carbocycles. The van der Waals surface area contributed by atoms with E-state index < -0.39 is 9.84 Å². The van der Waals surface area contributed by atoms with Crippen LogP contribution in [0.3, 0.4) is 0 Å². The highest BCUT2D eigenvalue weighted by molar-refractivity contribution is 7.91. The van der Waals surface area contributed by atoms with E-state index in [0.29, 0.717) is 13.0 Å². The lowest BCUT2D eigenvalue weighted by Gasteiger charge is -2.22. The molecule has 0 radical (unpaired) electrons. The summed E-state index contributed by atoms with van der Waals surface area (Å²) in [6.07, 6.45) is 1.22. The van der Waals surface area contributed by atoms with Gasteiger partial charge in [-0.25, -0.2) is 8.42 Å². The molecule has 1 aliphatic rings. The molecule has 1 N–H and O–H groups in total. The van der Waals surface area contributed by atoms with Gasteiger partial charge in [0, 0.05) is 6.54 Å². The van der Waals surface area contributed by atoms with Crippen LogP contribution in [-0.4, -0.2) is 32.4 Å². The van der Waals surface area contributed by atoms with Crippen LogP contribution in [-0.2, 0) is 26.5 Å². The molecule has 24 heavy (non-hydrogen) atoms. The zero-order valence-corrected chi connectivity index (χ0v) is 16.2. The average Bonchev–Trinajstić information content (AvgIpc) is 2.80. The predicted molar refractivity (Wildman–Crippen MR) is 98.1 cm³/mol. The summed E-state index contributed by atoms with van der Waals surface area (Å²) in [4.78, 5) is 12.1. The largest absolute Gasteiger partial charge is 0.356 e. The van der Waals surface area contributed by atoms with E-state index in [9.17, 15) is 13.2 Å². The van der Waals surface area contributed by atoms with Gasteiger partial charge < -0.3 is 5.32 Å². The van der Waals surface area contributed by atoms with Crippen molar-refractivity contribution in [2.45, 2.75) is 52.9 Å². The van der Waals surface area contributed by atoms with E-state index in [1.54, 1.807) is 0 Å². The molecule has 1 aliphatic heterocycles. The first kappa shape index (κ1) is 19.0. The standard InChI is InChI=1S/C19H29NO3S/c1-13-10-16(19(3,4)5)11-14(2)17(13)6-8-20-18(21)15-7-9-24(22,23)12-15/h10-11,15H,6-9,12H2,1-5H3,(H,20,21)/t15-/m0/s1. The number of aryl methyl sites for hydroxylation is 2. The van der Waals surface area contributed by atoms with Gasteiger partial charge in [-0.3, -0.25) is 4.79 Å². The SMILES string of the molecule is Cc1cc(C(C)(C)C)cc(C)c1CCNC(=O)[C@H]1CCS(=O)(=O)C1. The van der Waals surface area contributed by atoms with Gasteiger partial charge in [0.15, 0.2) is 9.84 Å². The van der Waals surface area contributed by atoms with Crippen molar-refractivity contribution in [2.24, 2.45) is 5.92 Å². The first-order valence-electron chi connectivity index (χ1n) is 8.58. The second-order valence-corrected chi connectivity index (χ2v) is 10.2. The van der Waals surface area contributed by atoms with E-state index in [4.69, 9.17) is 0 Å². The Morgan fingerprint density at radius 2 is 1.79 bits per heavy atom. The number of rotatable bonds is 4. The summed E-state index contributed by atoms with van der Waals surface area (Å²) in [5.41, 5.74) is 5.20. The zero-order valence-electron chi connectivity index (χ0n) is 15.4. The van der Waals surface area contributed by atoms with Gasteiger partial charge in [0.25, 0.3) is 0 Å². The summed E-state index contributed by atoms with van der Waals surface area (Å²) >= 11 is 0. The van der Waals surface area contributed by atoms with E-state index in [0.717, 1.165) is 6.42 Å². The third-order valence-electron chi connectivity index (χ3n) is 4.84. The maximum atomic E-state index is 12.1. The summed E-state index contributed by atoms with van der Waals surface area (Å²) < 4.78 is 22.9. The maximum absolute atomic E-state index is 12.1. The smallest absolute Gasteiger partial charge is 0.224 e. The minimum Gasteiger partial charge on any atom is -0.356 e. The maximum Gasteiger partial charge on any atom is 0.224 e. The van der Waals surface area contributed by atoms with Crippen molar-refractivity contribution in [2.75, 3.05) is 18.1 Å². The molecule has 0 unspecified atom stereocenters. The first-order chi connectivity index (χ1) is 11.0. The Hall–Kier alpha value is -1.36. The highest BCUT2D eigenvalue weighted by Crippen LogP contribution is 2.27. The van der Waals surface area contributed by atoms with E-state index in [1.807, 2.05) is 0 Å². The highest BCUT2D eigenvalue weighted by atomic mass is 32.2. The first-order valence-corrected chi connectivity index (χ1v) is 10.4. The molecule has 0 aromatic heterocycles. The topological polar surface area (TPSA) is 63.2 Å². The Bertz CT molecular complexity index is 706. The van der Waals surface area contributed by atoms with Crippen molar-refractivity contribution < 1.29 is 13.2 Å². The van der Waals surface area contributed by atoms with Gasteiger partial charge >= 0.3 is 0 Å². The van der Waals surface area contributed by atoms with Gasteiger partial charge in [0.05, 0.1) is 17.4 Å². The van der Waals surface area contributed by atoms with Gasteiger partial charge in [-0.05, 0) is 54.4 Å². The van der Waals surface area contributed by atoms with Crippen LogP contribution in [0.1, 0.15) is 49.4 Å². The molecule has 0 spiro atoms. The molecular formula is C19H29NO3S. The molecule has 0 aliphatic carbocycles. The second kappa shape index (κ2) is 6.87. The monoisotopic (exact) mass is 351 g/mol. The van der Waals surface area contributed by atoms with Crippen molar-refractivity contribution in [3.8, 4) is 0 Å². The summed E-state index contributed by atoms with van der Waals surface area (Å²) in [5, 5.41) is 2.91. The van der Waals surface area contributed by atoms with E-state index in [2.05, 4.69) is 52.1 Å². The average molecular weight is 352 g/mol. The van der Waals surface area contributed by atoms with Crippen LogP contribution in [0.5, 0.6) is 0 Å². The summed E-state index contributed by atoms with van der Waals surface area (Å²) in [6, 6.07) is 4.46. The molecule has 1 fully saturated rings. The molecule has 1 heterocycles. The number of carbonyl (C=O) groups is 1. The molecule has 5 heteroatoms. The normalized spacial score (nSPS) is 20.1. The van der Waals surface area contributed by atoms with Gasteiger partial charge in [0.2, 0.25) is 5.91 Å². The van der Waals surface area contributed by atoms with Crippen molar-refractivity contribution in [1.82, 2.24) is 5.32 Å². The van der Waals surface area contributed by atoms with E-state index >= 15 is 0 Å². The Morgan fingerprint density at radius 1 is 1.21 bits per heavy atom. The Balaban J connectivity index is 1.97. The molecule has 0 bridgehead atoms. The number of benzene rings is 1.